The number of hydrogen-bond acceptors (Lipinski definition) is 4. The Balaban J connectivity index is 1.33. The quantitative estimate of drug-likeness (QED) is 0.831. The van der Waals surface area contributed by atoms with E-state index >= 15 is 0 Å². The smallest absolute Gasteiger partial charge is 0.320 e. The first-order valence-corrected chi connectivity index (χ1v) is 10.0. The van der Waals surface area contributed by atoms with E-state index in [4.69, 9.17) is 0 Å². The van der Waals surface area contributed by atoms with Gasteiger partial charge in [0.05, 0.1) is 0 Å². The molecule has 1 aliphatic carbocycles. The fraction of sp³-hybridized carbons (Fsp3) is 0.429. The largest absolute Gasteiger partial charge is 0.326 e. The number of benzene rings is 1. The van der Waals surface area contributed by atoms with E-state index in [0.717, 1.165) is 32.0 Å². The lowest BCUT2D eigenvalue weighted by Gasteiger charge is -2.33. The summed E-state index contributed by atoms with van der Waals surface area (Å²) in [5.41, 5.74) is 0.776. The van der Waals surface area contributed by atoms with Gasteiger partial charge in [-0.1, -0.05) is 0 Å². The third-order valence-electron chi connectivity index (χ3n) is 5.84. The van der Waals surface area contributed by atoms with Crippen molar-refractivity contribution in [1.82, 2.24) is 19.8 Å². The second kappa shape index (κ2) is 8.33. The summed E-state index contributed by atoms with van der Waals surface area (Å²) in [6.45, 7) is 1.49. The predicted octanol–water partition coefficient (Wildman–Crippen LogP) is 3.29. The zero-order valence-electron chi connectivity index (χ0n) is 16.6. The van der Waals surface area contributed by atoms with Crippen molar-refractivity contribution in [2.45, 2.75) is 31.7 Å². The molecular weight excluding hydrogens is 392 g/mol. The van der Waals surface area contributed by atoms with Crippen LogP contribution < -0.4 is 5.32 Å². The van der Waals surface area contributed by atoms with Crippen LogP contribution in [0.4, 0.5) is 19.5 Å². The zero-order chi connectivity index (χ0) is 21.3. The molecule has 0 atom stereocenters. The lowest BCUT2D eigenvalue weighted by Crippen LogP contribution is -2.42. The Morgan fingerprint density at radius 3 is 2.20 bits per heavy atom. The molecule has 2 aromatic rings. The molecule has 1 aromatic carbocycles. The first kappa shape index (κ1) is 20.2. The number of carbonyl (C=O) groups is 2. The summed E-state index contributed by atoms with van der Waals surface area (Å²) in [4.78, 5) is 36.5. The lowest BCUT2D eigenvalue weighted by atomic mass is 9.85. The van der Waals surface area contributed by atoms with E-state index in [1.54, 1.807) is 11.9 Å². The molecule has 9 heteroatoms. The second-order valence-corrected chi connectivity index (χ2v) is 7.85. The van der Waals surface area contributed by atoms with Crippen LogP contribution in [0.3, 0.4) is 0 Å². The molecule has 0 unspecified atom stereocenters. The summed E-state index contributed by atoms with van der Waals surface area (Å²) in [5, 5.41) is 2.72. The summed E-state index contributed by atoms with van der Waals surface area (Å²) >= 11 is 0. The number of carbonyl (C=O) groups excluding carboxylic acids is 2. The van der Waals surface area contributed by atoms with Gasteiger partial charge in [-0.2, -0.15) is 0 Å². The van der Waals surface area contributed by atoms with Gasteiger partial charge in [-0.15, -0.1) is 0 Å². The van der Waals surface area contributed by atoms with Crippen molar-refractivity contribution in [2.24, 2.45) is 5.92 Å². The lowest BCUT2D eigenvalue weighted by molar-refractivity contribution is -0.121. The van der Waals surface area contributed by atoms with Gasteiger partial charge in [-0.25, -0.2) is 23.5 Å². The van der Waals surface area contributed by atoms with Crippen LogP contribution >= 0.6 is 0 Å². The van der Waals surface area contributed by atoms with Crippen LogP contribution in [0.1, 0.15) is 25.7 Å². The number of urea groups is 1. The van der Waals surface area contributed by atoms with Crippen molar-refractivity contribution in [1.29, 1.82) is 0 Å². The van der Waals surface area contributed by atoms with E-state index < -0.39 is 11.6 Å². The molecule has 0 bridgehead atoms. The SMILES string of the molecule is CN1CCN([C@H]2CC[C@@H](C(=O)Nc3ncc(-c4cc(F)cc(F)c4)cn3)CC2)C1=O. The second-order valence-electron chi connectivity index (χ2n) is 7.85. The average Bonchev–Trinajstić information content (AvgIpc) is 3.06. The number of nitrogens with one attached hydrogen (secondary N) is 1. The van der Waals surface area contributed by atoms with Gasteiger partial charge in [0, 0.05) is 56.1 Å². The minimum atomic E-state index is -0.680. The number of halogens is 2. The van der Waals surface area contributed by atoms with Crippen molar-refractivity contribution in [2.75, 3.05) is 25.5 Å². The Kier molecular flexibility index (Phi) is 5.61. The van der Waals surface area contributed by atoms with Crippen LogP contribution in [0.15, 0.2) is 30.6 Å². The molecule has 3 amide bonds. The van der Waals surface area contributed by atoms with E-state index in [1.807, 2.05) is 4.90 Å². The summed E-state index contributed by atoms with van der Waals surface area (Å²) < 4.78 is 26.8. The molecule has 1 saturated heterocycles. The van der Waals surface area contributed by atoms with Crippen molar-refractivity contribution in [3.63, 3.8) is 0 Å². The van der Waals surface area contributed by atoms with E-state index in [-0.39, 0.29) is 29.8 Å². The molecular formula is C21H23F2N5O2. The van der Waals surface area contributed by atoms with E-state index in [1.165, 1.54) is 24.5 Å². The molecule has 4 rings (SSSR count). The van der Waals surface area contributed by atoms with Crippen LogP contribution in [0.2, 0.25) is 0 Å². The van der Waals surface area contributed by atoms with Crippen molar-refractivity contribution >= 4 is 17.9 Å². The van der Waals surface area contributed by atoms with E-state index in [0.29, 0.717) is 24.0 Å². The van der Waals surface area contributed by atoms with Gasteiger partial charge in [-0.05, 0) is 43.4 Å². The van der Waals surface area contributed by atoms with Crippen LogP contribution in [0.5, 0.6) is 0 Å². The predicted molar refractivity (Wildman–Crippen MR) is 106 cm³/mol. The van der Waals surface area contributed by atoms with Crippen LogP contribution in [-0.4, -0.2) is 57.9 Å². The van der Waals surface area contributed by atoms with Crippen LogP contribution in [-0.2, 0) is 4.79 Å². The molecule has 1 saturated carbocycles. The number of aromatic nitrogens is 2. The molecule has 1 N–H and O–H groups in total. The standard InChI is InChI=1S/C21H23F2N5O2/c1-27-6-7-28(21(27)30)18-4-2-13(3-5-18)19(29)26-20-24-11-15(12-25-20)14-8-16(22)10-17(23)9-14/h8-13,18H,2-7H2,1H3,(H,24,25,26,29)/t13-,18+. The monoisotopic (exact) mass is 415 g/mol. The molecule has 2 heterocycles. The topological polar surface area (TPSA) is 78.4 Å². The number of amides is 3. The highest BCUT2D eigenvalue weighted by Gasteiger charge is 2.35. The molecule has 7 nitrogen and oxygen atoms in total. The third-order valence-corrected chi connectivity index (χ3v) is 5.84. The highest BCUT2D eigenvalue weighted by atomic mass is 19.1. The number of rotatable bonds is 4. The Labute approximate surface area is 173 Å². The van der Waals surface area contributed by atoms with E-state index in [2.05, 4.69) is 15.3 Å². The first-order valence-electron chi connectivity index (χ1n) is 10.0. The molecule has 2 aliphatic rings. The minimum Gasteiger partial charge on any atom is -0.326 e. The van der Waals surface area contributed by atoms with Crippen molar-refractivity contribution in [3.8, 4) is 11.1 Å². The molecule has 30 heavy (non-hydrogen) atoms. The first-order chi connectivity index (χ1) is 14.4. The zero-order valence-corrected chi connectivity index (χ0v) is 16.6. The summed E-state index contributed by atoms with van der Waals surface area (Å²) in [6.07, 6.45) is 5.83. The fourth-order valence-electron chi connectivity index (χ4n) is 4.13. The van der Waals surface area contributed by atoms with E-state index in [9.17, 15) is 18.4 Å². The maximum absolute atomic E-state index is 13.4. The Bertz CT molecular complexity index is 925. The summed E-state index contributed by atoms with van der Waals surface area (Å²) in [5.74, 6) is -1.51. The highest BCUT2D eigenvalue weighted by Crippen LogP contribution is 2.30. The molecule has 0 radical (unpaired) electrons. The average molecular weight is 415 g/mol. The van der Waals surface area contributed by atoms with Gasteiger partial charge in [-0.3, -0.25) is 10.1 Å². The number of hydrogen-bond donors (Lipinski definition) is 1. The third kappa shape index (κ3) is 4.24. The molecule has 0 spiro atoms. The number of anilines is 1. The van der Waals surface area contributed by atoms with Gasteiger partial charge < -0.3 is 9.80 Å². The maximum atomic E-state index is 13.4. The molecule has 158 valence electrons. The fourth-order valence-corrected chi connectivity index (χ4v) is 4.13. The number of nitrogens with zero attached hydrogens (tertiary/aromatic N) is 4. The highest BCUT2D eigenvalue weighted by molar-refractivity contribution is 5.91. The molecule has 1 aromatic heterocycles. The Hall–Kier alpha value is -3.10. The summed E-state index contributed by atoms with van der Waals surface area (Å²) in [6, 6.07) is 3.44. The van der Waals surface area contributed by atoms with Gasteiger partial charge in [0.15, 0.2) is 0 Å². The van der Waals surface area contributed by atoms with Gasteiger partial charge in [0.2, 0.25) is 11.9 Å². The molecule has 2 fully saturated rings. The normalized spacial score (nSPS) is 21.8. The number of likely N-dealkylation sites (N-methyl/N-ethyl adjacent to an activating group) is 1. The van der Waals surface area contributed by atoms with Gasteiger partial charge in [0.25, 0.3) is 0 Å². The van der Waals surface area contributed by atoms with Crippen LogP contribution in [0, 0.1) is 17.6 Å². The maximum Gasteiger partial charge on any atom is 0.320 e. The van der Waals surface area contributed by atoms with Gasteiger partial charge >= 0.3 is 6.03 Å². The summed E-state index contributed by atoms with van der Waals surface area (Å²) in [7, 11) is 1.80. The van der Waals surface area contributed by atoms with Crippen molar-refractivity contribution in [3.05, 3.63) is 42.2 Å². The Morgan fingerprint density at radius 2 is 1.63 bits per heavy atom. The van der Waals surface area contributed by atoms with Crippen molar-refractivity contribution < 1.29 is 18.4 Å². The molecule has 1 aliphatic heterocycles. The van der Waals surface area contributed by atoms with Gasteiger partial charge in [0.1, 0.15) is 11.6 Å². The van der Waals surface area contributed by atoms with Crippen LogP contribution in [0.25, 0.3) is 11.1 Å². The minimum absolute atomic E-state index is 0.0644. The Morgan fingerprint density at radius 1 is 1.00 bits per heavy atom.